The molecule has 0 spiro atoms. The Labute approximate surface area is 157 Å². The maximum absolute atomic E-state index is 13.6. The third kappa shape index (κ3) is 2.87. The minimum absolute atomic E-state index is 0.0256. The quantitative estimate of drug-likeness (QED) is 0.680. The number of pyridine rings is 1. The van der Waals surface area contributed by atoms with Gasteiger partial charge in [0.2, 0.25) is 0 Å². The highest BCUT2D eigenvalue weighted by Crippen LogP contribution is 2.45. The van der Waals surface area contributed by atoms with Gasteiger partial charge in [-0.15, -0.1) is 11.3 Å². The van der Waals surface area contributed by atoms with Crippen molar-refractivity contribution in [2.45, 2.75) is 18.4 Å². The fourth-order valence-corrected chi connectivity index (χ4v) is 5.32. The van der Waals surface area contributed by atoms with Crippen LogP contribution in [0.2, 0.25) is 0 Å². The molecular formula is C19H16FN3OS2. The zero-order valence-corrected chi connectivity index (χ0v) is 15.9. The summed E-state index contributed by atoms with van der Waals surface area (Å²) in [5, 5.41) is 0.837. The van der Waals surface area contributed by atoms with Crippen LogP contribution in [-0.2, 0) is 6.54 Å². The fourth-order valence-electron chi connectivity index (χ4n) is 2.88. The Balaban J connectivity index is 1.93. The van der Waals surface area contributed by atoms with Crippen molar-refractivity contribution in [2.75, 3.05) is 11.9 Å². The van der Waals surface area contributed by atoms with E-state index in [2.05, 4.69) is 4.98 Å². The van der Waals surface area contributed by atoms with Crippen LogP contribution in [0, 0.1) is 5.82 Å². The smallest absolute Gasteiger partial charge is 0.271 e. The molecular weight excluding hydrogens is 369 g/mol. The molecule has 3 aromatic rings. The van der Waals surface area contributed by atoms with Crippen molar-refractivity contribution in [3.8, 4) is 0 Å². The van der Waals surface area contributed by atoms with Gasteiger partial charge < -0.3 is 4.90 Å². The van der Waals surface area contributed by atoms with E-state index >= 15 is 0 Å². The first kappa shape index (κ1) is 17.1. The van der Waals surface area contributed by atoms with E-state index in [0.29, 0.717) is 11.1 Å². The van der Waals surface area contributed by atoms with E-state index in [9.17, 15) is 9.18 Å². The highest BCUT2D eigenvalue weighted by atomic mass is 32.2. The molecule has 0 N–H and O–H groups in total. The Morgan fingerprint density at radius 3 is 2.85 bits per heavy atom. The van der Waals surface area contributed by atoms with E-state index in [1.165, 1.54) is 35.2 Å². The maximum atomic E-state index is 13.6. The van der Waals surface area contributed by atoms with Gasteiger partial charge in [-0.05, 0) is 43.3 Å². The number of anilines is 1. The summed E-state index contributed by atoms with van der Waals surface area (Å²) in [5.41, 5.74) is 1.57. The zero-order chi connectivity index (χ0) is 18.3. The zero-order valence-electron chi connectivity index (χ0n) is 14.3. The number of fused-ring (bicyclic) bond motifs is 1. The summed E-state index contributed by atoms with van der Waals surface area (Å²) in [4.78, 5) is 20.1. The van der Waals surface area contributed by atoms with Gasteiger partial charge in [-0.3, -0.25) is 14.3 Å². The number of aromatic nitrogens is 2. The Bertz CT molecular complexity index is 1150. The molecule has 4 rings (SSSR count). The second-order valence-electron chi connectivity index (χ2n) is 5.80. The molecule has 0 bridgehead atoms. The Hall–Kier alpha value is -2.38. The number of halogens is 1. The lowest BCUT2D eigenvalue weighted by atomic mass is 10.3. The summed E-state index contributed by atoms with van der Waals surface area (Å²) in [6.45, 7) is 2.53. The maximum Gasteiger partial charge on any atom is 0.271 e. The van der Waals surface area contributed by atoms with Crippen LogP contribution in [0.25, 0.3) is 11.1 Å². The van der Waals surface area contributed by atoms with Gasteiger partial charge in [-0.2, -0.15) is 0 Å². The molecule has 7 heteroatoms. The topological polar surface area (TPSA) is 38.1 Å². The molecule has 132 valence electrons. The largest absolute Gasteiger partial charge is 0.337 e. The van der Waals surface area contributed by atoms with Gasteiger partial charge in [-0.1, -0.05) is 17.8 Å². The number of thioether (sulfide) groups is 1. The van der Waals surface area contributed by atoms with Crippen molar-refractivity contribution in [1.82, 2.24) is 9.55 Å². The van der Waals surface area contributed by atoms with Gasteiger partial charge in [0.15, 0.2) is 0 Å². The average molecular weight is 385 g/mol. The third-order valence-corrected chi connectivity index (χ3v) is 6.66. The van der Waals surface area contributed by atoms with Gasteiger partial charge in [0.1, 0.15) is 20.0 Å². The van der Waals surface area contributed by atoms with Crippen molar-refractivity contribution in [1.29, 1.82) is 0 Å². The number of hydrogen-bond donors (Lipinski definition) is 0. The van der Waals surface area contributed by atoms with Gasteiger partial charge in [0.05, 0.1) is 11.4 Å². The first-order valence-electron chi connectivity index (χ1n) is 8.16. The van der Waals surface area contributed by atoms with Crippen LogP contribution < -0.4 is 19.7 Å². The van der Waals surface area contributed by atoms with Gasteiger partial charge in [0, 0.05) is 24.7 Å². The number of benzene rings is 1. The van der Waals surface area contributed by atoms with E-state index in [0.717, 1.165) is 26.0 Å². The molecule has 3 heterocycles. The Morgan fingerprint density at radius 2 is 2.12 bits per heavy atom. The van der Waals surface area contributed by atoms with Gasteiger partial charge in [0.25, 0.3) is 5.56 Å². The minimum Gasteiger partial charge on any atom is -0.337 e. The van der Waals surface area contributed by atoms with E-state index in [-0.39, 0.29) is 11.4 Å². The van der Waals surface area contributed by atoms with Crippen LogP contribution >= 0.6 is 23.1 Å². The number of hydrogen-bond acceptors (Lipinski definition) is 5. The highest BCUT2D eigenvalue weighted by Gasteiger charge is 2.25. The lowest BCUT2D eigenvalue weighted by Crippen LogP contribution is -2.33. The molecule has 1 aromatic carbocycles. The van der Waals surface area contributed by atoms with Crippen molar-refractivity contribution in [3.05, 3.63) is 73.7 Å². The van der Waals surface area contributed by atoms with Crippen LogP contribution in [-0.4, -0.2) is 16.6 Å². The molecule has 1 aliphatic rings. The first-order valence-corrected chi connectivity index (χ1v) is 9.79. The predicted octanol–water partition coefficient (Wildman–Crippen LogP) is 2.60. The number of rotatable bonds is 2. The Morgan fingerprint density at radius 1 is 1.27 bits per heavy atom. The molecule has 0 aliphatic carbocycles. The summed E-state index contributed by atoms with van der Waals surface area (Å²) in [6.07, 6.45) is 3.65. The molecule has 4 nitrogen and oxygen atoms in total. The monoisotopic (exact) mass is 385 g/mol. The molecule has 0 unspecified atom stereocenters. The SMILES string of the molecule is CCn1c(=O)/c(=C2\Sc3ccc(F)cc3N2C)s/c1=C\c1ccccn1. The molecule has 2 aromatic heterocycles. The molecule has 0 radical (unpaired) electrons. The lowest BCUT2D eigenvalue weighted by molar-refractivity contribution is 0.627. The standard InChI is InChI=1S/C19H16FN3OS2/c1-3-23-16(11-13-6-4-5-9-21-13)26-17(18(23)24)19-22(2)14-10-12(20)7-8-15(14)25-19/h4-11H,3H2,1-2H3/b16-11-,19-17+. The third-order valence-electron chi connectivity index (χ3n) is 4.18. The van der Waals surface area contributed by atoms with E-state index in [1.807, 2.05) is 43.1 Å². The fraction of sp³-hybridized carbons (Fsp3) is 0.158. The van der Waals surface area contributed by atoms with Crippen molar-refractivity contribution < 1.29 is 4.39 Å². The second-order valence-corrected chi connectivity index (χ2v) is 7.86. The van der Waals surface area contributed by atoms with Crippen molar-refractivity contribution >= 4 is 39.9 Å². The van der Waals surface area contributed by atoms with Crippen LogP contribution in [0.1, 0.15) is 12.6 Å². The molecule has 0 saturated heterocycles. The predicted molar refractivity (Wildman–Crippen MR) is 105 cm³/mol. The number of thiazole rings is 1. The minimum atomic E-state index is -0.279. The summed E-state index contributed by atoms with van der Waals surface area (Å²) in [5.74, 6) is -0.279. The van der Waals surface area contributed by atoms with Crippen molar-refractivity contribution in [2.24, 2.45) is 0 Å². The van der Waals surface area contributed by atoms with Crippen molar-refractivity contribution in [3.63, 3.8) is 0 Å². The van der Waals surface area contributed by atoms with Crippen LogP contribution in [0.4, 0.5) is 10.1 Å². The first-order chi connectivity index (χ1) is 12.6. The van der Waals surface area contributed by atoms with E-state index in [1.54, 1.807) is 16.8 Å². The van der Waals surface area contributed by atoms with E-state index in [4.69, 9.17) is 0 Å². The average Bonchev–Trinajstić information content (AvgIpc) is 3.12. The second kappa shape index (κ2) is 6.74. The summed E-state index contributed by atoms with van der Waals surface area (Å²) in [7, 11) is 1.87. The molecule has 1 aliphatic heterocycles. The van der Waals surface area contributed by atoms with E-state index < -0.39 is 0 Å². The van der Waals surface area contributed by atoms with Crippen LogP contribution in [0.5, 0.6) is 0 Å². The van der Waals surface area contributed by atoms with Crippen LogP contribution in [0.3, 0.4) is 0 Å². The Kier molecular flexibility index (Phi) is 4.42. The van der Waals surface area contributed by atoms with Gasteiger partial charge >= 0.3 is 0 Å². The van der Waals surface area contributed by atoms with Gasteiger partial charge in [-0.25, -0.2) is 4.39 Å². The highest BCUT2D eigenvalue weighted by molar-refractivity contribution is 8.08. The molecule has 0 saturated carbocycles. The van der Waals surface area contributed by atoms with Crippen LogP contribution in [0.15, 0.2) is 52.3 Å². The molecule has 0 fully saturated rings. The molecule has 0 atom stereocenters. The summed E-state index contributed by atoms with van der Waals surface area (Å²) >= 11 is 2.95. The number of nitrogens with zero attached hydrogens (tertiary/aromatic N) is 3. The molecule has 0 amide bonds. The summed E-state index contributed by atoms with van der Waals surface area (Å²) < 4.78 is 16.9. The normalized spacial score (nSPS) is 16.3. The lowest BCUT2D eigenvalue weighted by Gasteiger charge is -2.12. The summed E-state index contributed by atoms with van der Waals surface area (Å²) in [6, 6.07) is 10.4. The molecule has 26 heavy (non-hydrogen) atoms.